The van der Waals surface area contributed by atoms with Crippen LogP contribution < -0.4 is 5.32 Å². The van der Waals surface area contributed by atoms with Crippen LogP contribution in [0, 0.1) is 13.8 Å². The molecule has 0 radical (unpaired) electrons. The van der Waals surface area contributed by atoms with Crippen molar-refractivity contribution < 1.29 is 9.21 Å². The average molecular weight is 275 g/mol. The minimum Gasteiger partial charge on any atom is -0.455 e. The van der Waals surface area contributed by atoms with Gasteiger partial charge in [-0.2, -0.15) is 11.8 Å². The predicted molar refractivity (Wildman–Crippen MR) is 79.8 cm³/mol. The molecule has 100 valence electrons. The maximum atomic E-state index is 12.1. The number of nitrogens with one attached hydrogen (secondary N) is 1. The monoisotopic (exact) mass is 275 g/mol. The van der Waals surface area contributed by atoms with E-state index in [0.29, 0.717) is 5.76 Å². The normalized spacial score (nSPS) is 10.5. The number of amides is 1. The summed E-state index contributed by atoms with van der Waals surface area (Å²) >= 11 is 1.66. The summed E-state index contributed by atoms with van der Waals surface area (Å²) in [6, 6.07) is 9.53. The number of carbonyl (C=O) groups is 1. The van der Waals surface area contributed by atoms with E-state index < -0.39 is 0 Å². The summed E-state index contributed by atoms with van der Waals surface area (Å²) in [5.74, 6) is 1.74. The van der Waals surface area contributed by atoms with Gasteiger partial charge in [0.2, 0.25) is 0 Å². The van der Waals surface area contributed by atoms with E-state index in [2.05, 4.69) is 5.32 Å². The Morgan fingerprint density at radius 1 is 1.26 bits per heavy atom. The lowest BCUT2D eigenvalue weighted by molar-refractivity contribution is 0.0995. The third-order valence-corrected chi connectivity index (χ3v) is 3.39. The highest BCUT2D eigenvalue weighted by Gasteiger charge is 2.12. The number of thioether (sulfide) groups is 1. The zero-order chi connectivity index (χ0) is 13.8. The Hall–Kier alpha value is -1.68. The molecule has 0 atom stereocenters. The number of benzene rings is 1. The van der Waals surface area contributed by atoms with Gasteiger partial charge in [0.05, 0.1) is 5.75 Å². The van der Waals surface area contributed by atoms with Crippen LogP contribution >= 0.6 is 11.8 Å². The molecule has 0 spiro atoms. The van der Waals surface area contributed by atoms with Gasteiger partial charge in [-0.1, -0.05) is 12.1 Å². The van der Waals surface area contributed by atoms with Crippen LogP contribution in [0.15, 0.2) is 34.7 Å². The summed E-state index contributed by atoms with van der Waals surface area (Å²) in [7, 11) is 0. The van der Waals surface area contributed by atoms with Gasteiger partial charge in [-0.25, -0.2) is 0 Å². The van der Waals surface area contributed by atoms with Gasteiger partial charge in [0.25, 0.3) is 5.91 Å². The highest BCUT2D eigenvalue weighted by Crippen LogP contribution is 2.19. The van der Waals surface area contributed by atoms with Crippen LogP contribution in [0.3, 0.4) is 0 Å². The van der Waals surface area contributed by atoms with Gasteiger partial charge in [-0.15, -0.1) is 0 Å². The molecule has 1 heterocycles. The lowest BCUT2D eigenvalue weighted by atomic mass is 10.1. The SMILES string of the molecule is CSCc1ccc(C(=O)Nc2cc(C)ccc2C)o1. The fraction of sp³-hybridized carbons (Fsp3) is 0.267. The number of rotatable bonds is 4. The molecule has 3 nitrogen and oxygen atoms in total. The molecule has 0 saturated heterocycles. The Bertz CT molecular complexity index is 590. The van der Waals surface area contributed by atoms with Crippen molar-refractivity contribution in [3.8, 4) is 0 Å². The van der Waals surface area contributed by atoms with E-state index in [0.717, 1.165) is 28.3 Å². The zero-order valence-corrected chi connectivity index (χ0v) is 12.1. The molecule has 0 fully saturated rings. The first-order valence-corrected chi connectivity index (χ1v) is 7.46. The summed E-state index contributed by atoms with van der Waals surface area (Å²) < 4.78 is 5.50. The van der Waals surface area contributed by atoms with Crippen LogP contribution in [0.2, 0.25) is 0 Å². The fourth-order valence-corrected chi connectivity index (χ4v) is 2.21. The molecule has 0 aliphatic rings. The van der Waals surface area contributed by atoms with Crippen molar-refractivity contribution in [2.24, 2.45) is 0 Å². The zero-order valence-electron chi connectivity index (χ0n) is 11.3. The molecule has 0 bridgehead atoms. The summed E-state index contributed by atoms with van der Waals surface area (Å²) in [6.45, 7) is 3.97. The summed E-state index contributed by atoms with van der Waals surface area (Å²) in [5.41, 5.74) is 2.98. The largest absolute Gasteiger partial charge is 0.455 e. The van der Waals surface area contributed by atoms with E-state index in [1.165, 1.54) is 0 Å². The maximum Gasteiger partial charge on any atom is 0.291 e. The van der Waals surface area contributed by atoms with Crippen molar-refractivity contribution in [3.05, 3.63) is 53.0 Å². The number of aryl methyl sites for hydroxylation is 2. The van der Waals surface area contributed by atoms with E-state index in [9.17, 15) is 4.79 Å². The molecular formula is C15H17NO2S. The number of anilines is 1. The van der Waals surface area contributed by atoms with E-state index >= 15 is 0 Å². The van der Waals surface area contributed by atoms with Crippen LogP contribution in [0.4, 0.5) is 5.69 Å². The minimum atomic E-state index is -0.207. The van der Waals surface area contributed by atoms with Gasteiger partial charge in [0, 0.05) is 5.69 Å². The maximum absolute atomic E-state index is 12.1. The van der Waals surface area contributed by atoms with Gasteiger partial charge in [0.15, 0.2) is 5.76 Å². The second-order valence-corrected chi connectivity index (χ2v) is 5.34. The Kier molecular flexibility index (Phi) is 4.32. The highest BCUT2D eigenvalue weighted by atomic mass is 32.2. The lowest BCUT2D eigenvalue weighted by Crippen LogP contribution is -2.11. The molecule has 1 amide bonds. The lowest BCUT2D eigenvalue weighted by Gasteiger charge is -2.07. The first-order chi connectivity index (χ1) is 9.10. The van der Waals surface area contributed by atoms with Gasteiger partial charge in [-0.3, -0.25) is 4.79 Å². The minimum absolute atomic E-state index is 0.207. The molecule has 0 saturated carbocycles. The van der Waals surface area contributed by atoms with Gasteiger partial charge in [0.1, 0.15) is 5.76 Å². The Morgan fingerprint density at radius 2 is 2.05 bits per heavy atom. The average Bonchev–Trinajstić information content (AvgIpc) is 2.83. The standard InChI is InChI=1S/C15H17NO2S/c1-10-4-5-11(2)13(8-10)16-15(17)14-7-6-12(18-14)9-19-3/h4-8H,9H2,1-3H3,(H,16,17). The topological polar surface area (TPSA) is 42.2 Å². The van der Waals surface area contributed by atoms with E-state index in [1.807, 2.05) is 44.4 Å². The fourth-order valence-electron chi connectivity index (χ4n) is 1.77. The molecule has 2 aromatic rings. The van der Waals surface area contributed by atoms with Crippen molar-refractivity contribution in [3.63, 3.8) is 0 Å². The summed E-state index contributed by atoms with van der Waals surface area (Å²) in [6.07, 6.45) is 2.00. The first-order valence-electron chi connectivity index (χ1n) is 6.06. The van der Waals surface area contributed by atoms with Crippen molar-refractivity contribution in [1.29, 1.82) is 0 Å². The van der Waals surface area contributed by atoms with Gasteiger partial charge >= 0.3 is 0 Å². The second kappa shape index (κ2) is 5.97. The highest BCUT2D eigenvalue weighted by molar-refractivity contribution is 7.97. The summed E-state index contributed by atoms with van der Waals surface area (Å²) in [5, 5.41) is 2.88. The Balaban J connectivity index is 2.13. The van der Waals surface area contributed by atoms with Crippen LogP contribution in [0.1, 0.15) is 27.4 Å². The number of hydrogen-bond donors (Lipinski definition) is 1. The van der Waals surface area contributed by atoms with Crippen LogP contribution in [-0.2, 0) is 5.75 Å². The van der Waals surface area contributed by atoms with E-state index in [4.69, 9.17) is 4.42 Å². The second-order valence-electron chi connectivity index (χ2n) is 4.47. The van der Waals surface area contributed by atoms with Gasteiger partial charge < -0.3 is 9.73 Å². The van der Waals surface area contributed by atoms with Crippen molar-refractivity contribution >= 4 is 23.4 Å². The molecular weight excluding hydrogens is 258 g/mol. The van der Waals surface area contributed by atoms with Crippen molar-refractivity contribution in [1.82, 2.24) is 0 Å². The molecule has 0 aliphatic carbocycles. The molecule has 2 rings (SSSR count). The number of carbonyl (C=O) groups excluding carboxylic acids is 1. The molecule has 1 N–H and O–H groups in total. The number of hydrogen-bond acceptors (Lipinski definition) is 3. The third-order valence-electron chi connectivity index (χ3n) is 2.81. The van der Waals surface area contributed by atoms with Crippen molar-refractivity contribution in [2.75, 3.05) is 11.6 Å². The van der Waals surface area contributed by atoms with Crippen LogP contribution in [0.25, 0.3) is 0 Å². The Morgan fingerprint density at radius 3 is 2.79 bits per heavy atom. The molecule has 1 aromatic heterocycles. The Labute approximate surface area is 117 Å². The summed E-state index contributed by atoms with van der Waals surface area (Å²) in [4.78, 5) is 12.1. The van der Waals surface area contributed by atoms with E-state index in [1.54, 1.807) is 17.8 Å². The number of furan rings is 1. The molecule has 4 heteroatoms. The first kappa shape index (κ1) is 13.7. The van der Waals surface area contributed by atoms with E-state index in [-0.39, 0.29) is 5.91 Å². The predicted octanol–water partition coefficient (Wildman–Crippen LogP) is 4.01. The molecule has 0 unspecified atom stereocenters. The molecule has 1 aromatic carbocycles. The van der Waals surface area contributed by atoms with Crippen LogP contribution in [-0.4, -0.2) is 12.2 Å². The van der Waals surface area contributed by atoms with Crippen LogP contribution in [0.5, 0.6) is 0 Å². The third kappa shape index (κ3) is 3.41. The van der Waals surface area contributed by atoms with Crippen molar-refractivity contribution in [2.45, 2.75) is 19.6 Å². The molecule has 19 heavy (non-hydrogen) atoms. The van der Waals surface area contributed by atoms with Gasteiger partial charge in [-0.05, 0) is 49.4 Å². The quantitative estimate of drug-likeness (QED) is 0.916. The molecule has 0 aliphatic heterocycles. The smallest absolute Gasteiger partial charge is 0.291 e.